The molecule has 0 radical (unpaired) electrons. The van der Waals surface area contributed by atoms with Gasteiger partial charge in [-0.2, -0.15) is 0 Å². The Morgan fingerprint density at radius 1 is 1.16 bits per heavy atom. The number of halogens is 3. The number of benzene rings is 1. The van der Waals surface area contributed by atoms with E-state index in [0.717, 1.165) is 25.9 Å². The summed E-state index contributed by atoms with van der Waals surface area (Å²) < 4.78 is 7.69. The first-order valence-corrected chi connectivity index (χ1v) is 11.5. The summed E-state index contributed by atoms with van der Waals surface area (Å²) in [6, 6.07) is 8.71. The minimum absolute atomic E-state index is 0.0869. The van der Waals surface area contributed by atoms with Crippen molar-refractivity contribution in [2.24, 2.45) is 0 Å². The molecule has 0 saturated carbocycles. The highest BCUT2D eigenvalue weighted by Crippen LogP contribution is 2.28. The summed E-state index contributed by atoms with van der Waals surface area (Å²) >= 11 is 17.9. The van der Waals surface area contributed by atoms with Gasteiger partial charge < -0.3 is 24.5 Å². The van der Waals surface area contributed by atoms with Gasteiger partial charge in [0.15, 0.2) is 0 Å². The van der Waals surface area contributed by atoms with E-state index in [1.165, 1.54) is 0 Å². The molecule has 4 rings (SSSR count). The van der Waals surface area contributed by atoms with Crippen molar-refractivity contribution in [1.82, 2.24) is 19.6 Å². The topological polar surface area (TPSA) is 79.1 Å². The second-order valence-corrected chi connectivity index (χ2v) is 9.05. The van der Waals surface area contributed by atoms with Gasteiger partial charge in [0.1, 0.15) is 23.2 Å². The number of ether oxygens (including phenoxy) is 1. The Hall–Kier alpha value is -2.03. The van der Waals surface area contributed by atoms with Crippen LogP contribution >= 0.6 is 34.8 Å². The Bertz CT molecular complexity index is 1100. The van der Waals surface area contributed by atoms with Crippen LogP contribution in [0, 0.1) is 0 Å². The third-order valence-corrected chi connectivity index (χ3v) is 6.31. The average molecular weight is 498 g/mol. The first kappa shape index (κ1) is 23.1. The van der Waals surface area contributed by atoms with Gasteiger partial charge in [-0.3, -0.25) is 4.79 Å². The van der Waals surface area contributed by atoms with Gasteiger partial charge in [0.05, 0.1) is 21.2 Å². The third kappa shape index (κ3) is 5.85. The maximum Gasteiger partial charge on any atom is 0.271 e. The number of rotatable bonds is 7. The second-order valence-electron chi connectivity index (χ2n) is 7.80. The molecule has 32 heavy (non-hydrogen) atoms. The molecular formula is C22H23Cl3N4O3. The molecule has 2 N–H and O–H groups in total. The third-order valence-electron chi connectivity index (χ3n) is 5.34. The molecule has 7 nitrogen and oxygen atoms in total. The van der Waals surface area contributed by atoms with Crippen LogP contribution in [0.3, 0.4) is 0 Å². The lowest BCUT2D eigenvalue weighted by molar-refractivity contribution is 0.0593. The predicted octanol–water partition coefficient (Wildman–Crippen LogP) is 3.93. The molecule has 1 amide bonds. The first-order valence-electron chi connectivity index (χ1n) is 10.3. The van der Waals surface area contributed by atoms with Crippen LogP contribution in [-0.2, 0) is 0 Å². The van der Waals surface area contributed by atoms with E-state index in [1.54, 1.807) is 41.1 Å². The number of likely N-dealkylation sites (tertiary alicyclic amines) is 1. The van der Waals surface area contributed by atoms with Crippen LogP contribution in [0.4, 0.5) is 0 Å². The van der Waals surface area contributed by atoms with E-state index in [0.29, 0.717) is 33.0 Å². The van der Waals surface area contributed by atoms with Crippen molar-refractivity contribution >= 4 is 46.4 Å². The molecule has 3 aromatic rings. The number of carbonyl (C=O) groups is 1. The van der Waals surface area contributed by atoms with Crippen molar-refractivity contribution in [1.29, 1.82) is 0 Å². The number of imidazole rings is 1. The highest BCUT2D eigenvalue weighted by molar-refractivity contribution is 6.42. The lowest BCUT2D eigenvalue weighted by Gasteiger charge is -2.33. The van der Waals surface area contributed by atoms with Gasteiger partial charge in [-0.15, -0.1) is 0 Å². The van der Waals surface area contributed by atoms with Crippen molar-refractivity contribution in [3.63, 3.8) is 0 Å². The zero-order valence-electron chi connectivity index (χ0n) is 17.2. The van der Waals surface area contributed by atoms with Crippen molar-refractivity contribution in [3.8, 4) is 5.75 Å². The number of aliphatic hydroxyl groups excluding tert-OH is 1. The van der Waals surface area contributed by atoms with E-state index in [1.807, 2.05) is 6.07 Å². The fourth-order valence-electron chi connectivity index (χ4n) is 3.69. The SMILES string of the molecule is O=C(NCC(O)CN1CCC(Oc2ccc(Cl)c(Cl)c2)CC1)c1cn2cc(Cl)ccc2n1. The number of aromatic nitrogens is 2. The standard InChI is InChI=1S/C22H23Cl3N4O3/c23-14-1-4-21-27-20(13-29(21)11-14)22(31)26-10-15(30)12-28-7-5-16(6-8-28)32-17-2-3-18(24)19(25)9-17/h1-4,9,11,13,15-16,30H,5-8,10,12H2,(H,26,31). The van der Waals surface area contributed by atoms with Gasteiger partial charge >= 0.3 is 0 Å². The van der Waals surface area contributed by atoms with Gasteiger partial charge in [0.2, 0.25) is 0 Å². The summed E-state index contributed by atoms with van der Waals surface area (Å²) in [6.07, 6.45) is 4.37. The summed E-state index contributed by atoms with van der Waals surface area (Å²) in [5.41, 5.74) is 0.908. The van der Waals surface area contributed by atoms with Crippen molar-refractivity contribution in [3.05, 3.63) is 63.5 Å². The highest BCUT2D eigenvalue weighted by atomic mass is 35.5. The van der Waals surface area contributed by atoms with Crippen LogP contribution in [0.2, 0.25) is 15.1 Å². The van der Waals surface area contributed by atoms with Crippen LogP contribution in [0.1, 0.15) is 23.3 Å². The summed E-state index contributed by atoms with van der Waals surface area (Å²) in [5.74, 6) is 0.368. The maximum atomic E-state index is 12.4. The van der Waals surface area contributed by atoms with E-state index in [9.17, 15) is 9.90 Å². The highest BCUT2D eigenvalue weighted by Gasteiger charge is 2.23. The van der Waals surface area contributed by atoms with Gasteiger partial charge in [-0.25, -0.2) is 4.98 Å². The first-order chi connectivity index (χ1) is 15.4. The monoisotopic (exact) mass is 496 g/mol. The zero-order chi connectivity index (χ0) is 22.7. The molecule has 1 aliphatic heterocycles. The van der Waals surface area contributed by atoms with E-state index < -0.39 is 6.10 Å². The smallest absolute Gasteiger partial charge is 0.271 e. The molecular weight excluding hydrogens is 475 g/mol. The molecule has 0 bridgehead atoms. The number of nitrogens with one attached hydrogen (secondary N) is 1. The molecule has 3 heterocycles. The fourth-order valence-corrected chi connectivity index (χ4v) is 4.15. The molecule has 10 heteroatoms. The Morgan fingerprint density at radius 2 is 1.94 bits per heavy atom. The molecule has 2 aromatic heterocycles. The Balaban J connectivity index is 1.20. The van der Waals surface area contributed by atoms with E-state index in [2.05, 4.69) is 15.2 Å². The van der Waals surface area contributed by atoms with Gasteiger partial charge in [-0.1, -0.05) is 34.8 Å². The minimum Gasteiger partial charge on any atom is -0.490 e. The number of aliphatic hydroxyl groups is 1. The number of piperidine rings is 1. The van der Waals surface area contributed by atoms with Crippen LogP contribution in [0.15, 0.2) is 42.7 Å². The van der Waals surface area contributed by atoms with E-state index >= 15 is 0 Å². The second kappa shape index (κ2) is 10.3. The lowest BCUT2D eigenvalue weighted by Crippen LogP contribution is -2.45. The number of pyridine rings is 1. The van der Waals surface area contributed by atoms with Crippen molar-refractivity contribution in [2.45, 2.75) is 25.0 Å². The zero-order valence-corrected chi connectivity index (χ0v) is 19.4. The summed E-state index contributed by atoms with van der Waals surface area (Å²) in [6.45, 7) is 2.21. The maximum absolute atomic E-state index is 12.4. The summed E-state index contributed by atoms with van der Waals surface area (Å²) in [5, 5.41) is 14.6. The fraction of sp³-hybridized carbons (Fsp3) is 0.364. The van der Waals surface area contributed by atoms with E-state index in [-0.39, 0.29) is 24.2 Å². The largest absolute Gasteiger partial charge is 0.490 e. The quantitative estimate of drug-likeness (QED) is 0.517. The molecule has 1 saturated heterocycles. The van der Waals surface area contributed by atoms with Gasteiger partial charge in [0.25, 0.3) is 5.91 Å². The lowest BCUT2D eigenvalue weighted by atomic mass is 10.1. The predicted molar refractivity (Wildman–Crippen MR) is 125 cm³/mol. The van der Waals surface area contributed by atoms with Crippen LogP contribution < -0.4 is 10.1 Å². The van der Waals surface area contributed by atoms with Crippen molar-refractivity contribution < 1.29 is 14.6 Å². The van der Waals surface area contributed by atoms with E-state index in [4.69, 9.17) is 39.5 Å². The van der Waals surface area contributed by atoms with Gasteiger partial charge in [0, 0.05) is 44.6 Å². The number of fused-ring (bicyclic) bond motifs is 1. The minimum atomic E-state index is -0.682. The number of hydrogen-bond donors (Lipinski definition) is 2. The molecule has 1 aliphatic rings. The molecule has 1 aromatic carbocycles. The number of amides is 1. The Labute approximate surface area is 200 Å². The number of nitrogens with zero attached hydrogens (tertiary/aromatic N) is 3. The molecule has 0 aliphatic carbocycles. The summed E-state index contributed by atoms with van der Waals surface area (Å²) in [4.78, 5) is 18.8. The normalized spacial score (nSPS) is 16.2. The van der Waals surface area contributed by atoms with Crippen molar-refractivity contribution in [2.75, 3.05) is 26.2 Å². The molecule has 1 unspecified atom stereocenters. The van der Waals surface area contributed by atoms with Crippen LogP contribution in [0.5, 0.6) is 5.75 Å². The molecule has 1 fully saturated rings. The Morgan fingerprint density at radius 3 is 2.69 bits per heavy atom. The number of β-amino-alcohol motifs (C(OH)–C–C–N with tert-alkyl or cyclic N) is 1. The molecule has 170 valence electrons. The van der Waals surface area contributed by atoms with Crippen LogP contribution in [-0.4, -0.2) is 63.7 Å². The van der Waals surface area contributed by atoms with Gasteiger partial charge in [-0.05, 0) is 37.1 Å². The number of hydrogen-bond acceptors (Lipinski definition) is 5. The summed E-state index contributed by atoms with van der Waals surface area (Å²) in [7, 11) is 0. The molecule has 0 spiro atoms. The Kier molecular flexibility index (Phi) is 7.43. The molecule has 1 atom stereocenters. The number of carbonyl (C=O) groups excluding carboxylic acids is 1. The average Bonchev–Trinajstić information content (AvgIpc) is 3.19. The van der Waals surface area contributed by atoms with Crippen LogP contribution in [0.25, 0.3) is 5.65 Å².